The van der Waals surface area contributed by atoms with Crippen molar-refractivity contribution in [3.8, 4) is 0 Å². The number of nitrogens with zero attached hydrogens (tertiary/aromatic N) is 4. The van der Waals surface area contributed by atoms with Crippen LogP contribution in [0.3, 0.4) is 0 Å². The molecular formula is C29H23Cl2FN4O4. The van der Waals surface area contributed by atoms with Crippen molar-refractivity contribution in [3.05, 3.63) is 116 Å². The molecule has 1 aliphatic heterocycles. The van der Waals surface area contributed by atoms with Gasteiger partial charge in [0.25, 0.3) is 5.91 Å². The highest BCUT2D eigenvalue weighted by molar-refractivity contribution is 6.30. The van der Waals surface area contributed by atoms with Gasteiger partial charge in [-0.3, -0.25) is 24.2 Å². The summed E-state index contributed by atoms with van der Waals surface area (Å²) in [5.74, 6) is -1.79. The molecule has 2 aromatic carbocycles. The van der Waals surface area contributed by atoms with Crippen LogP contribution in [0.5, 0.6) is 0 Å². The fraction of sp³-hybridized carbons (Fsp3) is 0.241. The van der Waals surface area contributed by atoms with E-state index < -0.39 is 35.4 Å². The number of hydrogen-bond acceptors (Lipinski definition) is 6. The number of aromatic nitrogens is 3. The minimum atomic E-state index is -1.72. The first-order chi connectivity index (χ1) is 19.2. The standard InChI is InChI=1S/C29H23Cl2FN4O4/c1-35-14-17(12-34-35)27(38)16-8-24-26(25(32)9-16)29(40-23-10-22(37)11-23,18-2-4-19(30)5-3-18)36(28(24)39)15-21-7-6-20(31)13-33-21/h2-9,12-14,22-23,37H,10-11,15H2,1H3/t22-,23-,29-/m1/s1. The minimum absolute atomic E-state index is 0.00368. The zero-order chi connectivity index (χ0) is 28.2. The van der Waals surface area contributed by atoms with Crippen LogP contribution < -0.4 is 0 Å². The molecule has 1 atom stereocenters. The first kappa shape index (κ1) is 26.6. The van der Waals surface area contributed by atoms with Crippen molar-refractivity contribution < 1.29 is 23.8 Å². The van der Waals surface area contributed by atoms with Crippen LogP contribution in [0.1, 0.15) is 55.9 Å². The summed E-state index contributed by atoms with van der Waals surface area (Å²) in [4.78, 5) is 33.1. The van der Waals surface area contributed by atoms with Gasteiger partial charge in [0, 0.05) is 35.6 Å². The maximum atomic E-state index is 16.3. The SMILES string of the molecule is Cn1cc(C(=O)c2cc(F)c3c(c2)C(=O)N(Cc2ccc(Cl)cn2)[C@@]3(O[C@H]2C[C@H](O)C2)c2ccc(Cl)cc2)cn1. The smallest absolute Gasteiger partial charge is 0.257 e. The normalized spacial score (nSPS) is 21.8. The summed E-state index contributed by atoms with van der Waals surface area (Å²) in [6.07, 6.45) is 4.01. The maximum absolute atomic E-state index is 16.3. The molecule has 3 heterocycles. The number of aliphatic hydroxyl groups is 1. The molecule has 8 nitrogen and oxygen atoms in total. The first-order valence-electron chi connectivity index (χ1n) is 12.6. The average Bonchev–Trinajstić information content (AvgIpc) is 3.45. The fourth-order valence-electron chi connectivity index (χ4n) is 5.27. The third kappa shape index (κ3) is 4.49. The summed E-state index contributed by atoms with van der Waals surface area (Å²) in [5.41, 5.74) is -0.513. The predicted octanol–water partition coefficient (Wildman–Crippen LogP) is 4.89. The van der Waals surface area contributed by atoms with Crippen LogP contribution in [0.25, 0.3) is 0 Å². The number of pyridine rings is 1. The zero-order valence-corrected chi connectivity index (χ0v) is 22.7. The molecule has 1 saturated carbocycles. The number of amides is 1. The molecule has 11 heteroatoms. The molecule has 0 unspecified atom stereocenters. The first-order valence-corrected chi connectivity index (χ1v) is 13.3. The van der Waals surface area contributed by atoms with Gasteiger partial charge in [-0.05, 0) is 49.2 Å². The van der Waals surface area contributed by atoms with E-state index in [1.54, 1.807) is 43.4 Å². The Bertz CT molecular complexity index is 1620. The van der Waals surface area contributed by atoms with Gasteiger partial charge in [0.05, 0.1) is 52.4 Å². The number of carbonyl (C=O) groups is 2. The van der Waals surface area contributed by atoms with Gasteiger partial charge in [0.1, 0.15) is 5.82 Å². The number of rotatable bonds is 7. The summed E-state index contributed by atoms with van der Waals surface area (Å²) in [6.45, 7) is -0.0477. The molecule has 0 radical (unpaired) electrons. The summed E-state index contributed by atoms with van der Waals surface area (Å²) in [5, 5.41) is 14.9. The third-order valence-corrected chi connectivity index (χ3v) is 7.74. The van der Waals surface area contributed by atoms with E-state index in [-0.39, 0.29) is 28.8 Å². The van der Waals surface area contributed by atoms with Gasteiger partial charge in [0.2, 0.25) is 5.72 Å². The Labute approximate surface area is 238 Å². The lowest BCUT2D eigenvalue weighted by atomic mass is 9.87. The van der Waals surface area contributed by atoms with Crippen molar-refractivity contribution >= 4 is 34.9 Å². The monoisotopic (exact) mass is 580 g/mol. The molecule has 2 aliphatic rings. The molecular weight excluding hydrogens is 558 g/mol. The van der Waals surface area contributed by atoms with Gasteiger partial charge in [-0.1, -0.05) is 35.3 Å². The van der Waals surface area contributed by atoms with Gasteiger partial charge < -0.3 is 9.84 Å². The van der Waals surface area contributed by atoms with E-state index in [2.05, 4.69) is 10.1 Å². The lowest BCUT2D eigenvalue weighted by Gasteiger charge is -2.45. The van der Waals surface area contributed by atoms with Crippen LogP contribution in [0.15, 0.2) is 67.1 Å². The van der Waals surface area contributed by atoms with Crippen molar-refractivity contribution in [1.29, 1.82) is 0 Å². The molecule has 204 valence electrons. The Kier molecular flexibility index (Phi) is 6.70. The van der Waals surface area contributed by atoms with Gasteiger partial charge >= 0.3 is 0 Å². The quantitative estimate of drug-likeness (QED) is 0.313. The Balaban J connectivity index is 1.55. The highest BCUT2D eigenvalue weighted by Gasteiger charge is 2.56. The Morgan fingerprint density at radius 2 is 1.82 bits per heavy atom. The van der Waals surface area contributed by atoms with Crippen LogP contribution in [0.4, 0.5) is 4.39 Å². The fourth-order valence-corrected chi connectivity index (χ4v) is 5.50. The summed E-state index contributed by atoms with van der Waals surface area (Å²) < 4.78 is 24.4. The van der Waals surface area contributed by atoms with Crippen LogP contribution in [-0.2, 0) is 24.1 Å². The largest absolute Gasteiger partial charge is 0.393 e. The summed E-state index contributed by atoms with van der Waals surface area (Å²) in [7, 11) is 1.67. The molecule has 0 bridgehead atoms. The van der Waals surface area contributed by atoms with Crippen molar-refractivity contribution in [2.24, 2.45) is 7.05 Å². The molecule has 1 N–H and O–H groups in total. The average molecular weight is 581 g/mol. The van der Waals surface area contributed by atoms with Crippen molar-refractivity contribution in [1.82, 2.24) is 19.7 Å². The topological polar surface area (TPSA) is 97.6 Å². The van der Waals surface area contributed by atoms with Crippen molar-refractivity contribution in [3.63, 3.8) is 0 Å². The minimum Gasteiger partial charge on any atom is -0.393 e. The highest BCUT2D eigenvalue weighted by atomic mass is 35.5. The van der Waals surface area contributed by atoms with Crippen LogP contribution >= 0.6 is 23.2 Å². The Hall–Kier alpha value is -3.63. The number of halogens is 3. The van der Waals surface area contributed by atoms with E-state index in [9.17, 15) is 14.7 Å². The van der Waals surface area contributed by atoms with Gasteiger partial charge in [-0.2, -0.15) is 5.10 Å². The van der Waals surface area contributed by atoms with Crippen molar-refractivity contribution in [2.45, 2.75) is 37.3 Å². The molecule has 2 aromatic heterocycles. The molecule has 1 fully saturated rings. The third-order valence-electron chi connectivity index (χ3n) is 7.27. The van der Waals surface area contributed by atoms with Gasteiger partial charge in [-0.15, -0.1) is 0 Å². The highest BCUT2D eigenvalue weighted by Crippen LogP contribution is 2.50. The summed E-state index contributed by atoms with van der Waals surface area (Å²) in [6, 6.07) is 12.5. The molecule has 6 rings (SSSR count). The second-order valence-electron chi connectivity index (χ2n) is 9.99. The lowest BCUT2D eigenvalue weighted by molar-refractivity contribution is -0.191. The van der Waals surface area contributed by atoms with Crippen molar-refractivity contribution in [2.75, 3.05) is 0 Å². The number of benzene rings is 2. The van der Waals surface area contributed by atoms with Crippen LogP contribution in [-0.4, -0.2) is 48.7 Å². The van der Waals surface area contributed by atoms with Gasteiger partial charge in [-0.25, -0.2) is 4.39 Å². The summed E-state index contributed by atoms with van der Waals surface area (Å²) >= 11 is 12.2. The number of hydrogen-bond donors (Lipinski definition) is 1. The maximum Gasteiger partial charge on any atom is 0.257 e. The van der Waals surface area contributed by atoms with E-state index in [0.29, 0.717) is 34.1 Å². The molecule has 0 spiro atoms. The lowest BCUT2D eigenvalue weighted by Crippen LogP contribution is -2.51. The number of aliphatic hydroxyl groups excluding tert-OH is 1. The van der Waals surface area contributed by atoms with E-state index in [0.717, 1.165) is 6.07 Å². The second kappa shape index (κ2) is 10.1. The molecule has 1 aliphatic carbocycles. The van der Waals surface area contributed by atoms with Crippen LogP contribution in [0.2, 0.25) is 10.0 Å². The molecule has 40 heavy (non-hydrogen) atoms. The van der Waals surface area contributed by atoms with E-state index in [1.807, 2.05) is 0 Å². The predicted molar refractivity (Wildman–Crippen MR) is 145 cm³/mol. The molecule has 0 saturated heterocycles. The number of ether oxygens (including phenoxy) is 1. The molecule has 1 amide bonds. The van der Waals surface area contributed by atoms with Gasteiger partial charge in [0.15, 0.2) is 5.78 Å². The van der Waals surface area contributed by atoms with E-state index in [4.69, 9.17) is 27.9 Å². The number of carbonyl (C=O) groups excluding carboxylic acids is 2. The Morgan fingerprint density at radius 1 is 1.10 bits per heavy atom. The Morgan fingerprint density at radius 3 is 2.45 bits per heavy atom. The number of aryl methyl sites for hydroxylation is 1. The number of ketones is 1. The van der Waals surface area contributed by atoms with E-state index in [1.165, 1.54) is 34.2 Å². The number of fused-ring (bicyclic) bond motifs is 1. The molecule has 4 aromatic rings. The van der Waals surface area contributed by atoms with Crippen LogP contribution in [0, 0.1) is 5.82 Å². The van der Waals surface area contributed by atoms with E-state index >= 15 is 4.39 Å². The zero-order valence-electron chi connectivity index (χ0n) is 21.2. The second-order valence-corrected chi connectivity index (χ2v) is 10.9.